The van der Waals surface area contributed by atoms with Crippen LogP contribution in [0.4, 0.5) is 14.5 Å². The van der Waals surface area contributed by atoms with Crippen molar-refractivity contribution in [2.75, 3.05) is 11.9 Å². The van der Waals surface area contributed by atoms with Crippen molar-refractivity contribution in [2.24, 2.45) is 0 Å². The van der Waals surface area contributed by atoms with Gasteiger partial charge in [0.15, 0.2) is 6.61 Å². The minimum atomic E-state index is -2.49. The third kappa shape index (κ3) is 5.07. The Morgan fingerprint density at radius 1 is 1.19 bits per heavy atom. The van der Waals surface area contributed by atoms with Gasteiger partial charge in [-0.25, -0.2) is 4.79 Å². The molecule has 0 aliphatic heterocycles. The van der Waals surface area contributed by atoms with Gasteiger partial charge in [0.05, 0.1) is 0 Å². The first-order valence-corrected chi connectivity index (χ1v) is 8.81. The Bertz CT molecular complexity index is 1020. The molecule has 3 aromatic rings. The Labute approximate surface area is 157 Å². The summed E-state index contributed by atoms with van der Waals surface area (Å²) in [5.41, 5.74) is 1.19. The average Bonchev–Trinajstić information content (AvgIpc) is 2.61. The second-order valence-corrected chi connectivity index (χ2v) is 6.71. The van der Waals surface area contributed by atoms with Gasteiger partial charge in [0, 0.05) is 28.1 Å². The van der Waals surface area contributed by atoms with Crippen molar-refractivity contribution >= 4 is 34.3 Å². The van der Waals surface area contributed by atoms with E-state index in [0.717, 1.165) is 10.9 Å². The molecule has 27 heavy (non-hydrogen) atoms. The molecule has 1 amide bonds. The molecule has 1 heterocycles. The van der Waals surface area contributed by atoms with E-state index in [1.165, 1.54) is 30.3 Å². The Morgan fingerprint density at radius 3 is 2.63 bits per heavy atom. The molecule has 8 heteroatoms. The minimum absolute atomic E-state index is 0.255. The topological polar surface area (TPSA) is 68.5 Å². The van der Waals surface area contributed by atoms with Crippen LogP contribution in [0.1, 0.15) is 5.56 Å². The summed E-state index contributed by atoms with van der Waals surface area (Å²) in [5.74, 6) is -2.51. The first kappa shape index (κ1) is 18.9. The van der Waals surface area contributed by atoms with Gasteiger partial charge in [-0.05, 0) is 48.9 Å². The number of carbonyl (C=O) groups is 1. The number of benzene rings is 2. The number of rotatable bonds is 6. The van der Waals surface area contributed by atoms with Gasteiger partial charge in [0.1, 0.15) is 11.3 Å². The van der Waals surface area contributed by atoms with E-state index in [4.69, 9.17) is 9.15 Å². The third-order valence-electron chi connectivity index (χ3n) is 3.66. The van der Waals surface area contributed by atoms with Crippen molar-refractivity contribution in [3.8, 4) is 5.75 Å². The van der Waals surface area contributed by atoms with Crippen LogP contribution in [0.15, 0.2) is 62.6 Å². The van der Waals surface area contributed by atoms with Gasteiger partial charge >= 0.3 is 5.63 Å². The molecule has 1 aromatic heterocycles. The number of hydrogen-bond donors (Lipinski definition) is 1. The molecule has 0 atom stereocenters. The van der Waals surface area contributed by atoms with E-state index < -0.39 is 17.3 Å². The average molecular weight is 391 g/mol. The molecule has 0 bridgehead atoms. The van der Waals surface area contributed by atoms with Gasteiger partial charge in [-0.15, -0.1) is 0 Å². The Balaban J connectivity index is 1.60. The molecule has 0 fully saturated rings. The zero-order chi connectivity index (χ0) is 19.4. The molecule has 5 nitrogen and oxygen atoms in total. The van der Waals surface area contributed by atoms with E-state index in [9.17, 15) is 18.4 Å². The lowest BCUT2D eigenvalue weighted by molar-refractivity contribution is -0.118. The second kappa shape index (κ2) is 8.22. The summed E-state index contributed by atoms with van der Waals surface area (Å²) in [5, 5.41) is 3.40. The zero-order valence-corrected chi connectivity index (χ0v) is 15.0. The highest BCUT2D eigenvalue weighted by atomic mass is 32.2. The second-order valence-electron chi connectivity index (χ2n) is 5.65. The molecule has 3 rings (SSSR count). The molecule has 140 valence electrons. The van der Waals surface area contributed by atoms with Crippen molar-refractivity contribution in [3.63, 3.8) is 0 Å². The number of ether oxygens (including phenoxy) is 1. The lowest BCUT2D eigenvalue weighted by Crippen LogP contribution is -2.20. The Kier molecular flexibility index (Phi) is 5.75. The third-order valence-corrected chi connectivity index (χ3v) is 4.38. The molecule has 0 unspecified atom stereocenters. The van der Waals surface area contributed by atoms with Crippen molar-refractivity contribution in [1.29, 1.82) is 0 Å². The minimum Gasteiger partial charge on any atom is -0.484 e. The molecule has 2 aromatic carbocycles. The Morgan fingerprint density at radius 2 is 1.93 bits per heavy atom. The molecule has 0 aliphatic carbocycles. The lowest BCUT2D eigenvalue weighted by Gasteiger charge is -2.09. The summed E-state index contributed by atoms with van der Waals surface area (Å²) < 4.78 is 35.1. The van der Waals surface area contributed by atoms with E-state index in [1.807, 2.05) is 0 Å². The summed E-state index contributed by atoms with van der Waals surface area (Å²) in [6, 6.07) is 12.5. The number of thioether (sulfide) groups is 1. The summed E-state index contributed by atoms with van der Waals surface area (Å²) in [4.78, 5) is 23.8. The molecule has 0 saturated heterocycles. The fraction of sp³-hybridized carbons (Fsp3) is 0.158. The highest BCUT2D eigenvalue weighted by Gasteiger charge is 2.08. The van der Waals surface area contributed by atoms with E-state index >= 15 is 0 Å². The molecular formula is C19H15F2NO4S. The summed E-state index contributed by atoms with van der Waals surface area (Å²) >= 11 is 0.435. The number of hydrogen-bond acceptors (Lipinski definition) is 5. The molecule has 0 radical (unpaired) electrons. The molecular weight excluding hydrogens is 376 g/mol. The van der Waals surface area contributed by atoms with E-state index in [0.29, 0.717) is 33.7 Å². The van der Waals surface area contributed by atoms with Crippen LogP contribution in [0.2, 0.25) is 0 Å². The number of nitrogens with one attached hydrogen (secondary N) is 1. The first-order valence-electron chi connectivity index (χ1n) is 7.93. The van der Waals surface area contributed by atoms with Crippen LogP contribution in [-0.2, 0) is 4.79 Å². The van der Waals surface area contributed by atoms with Crippen LogP contribution in [0.5, 0.6) is 5.75 Å². The van der Waals surface area contributed by atoms with Gasteiger partial charge in [0.25, 0.3) is 11.7 Å². The van der Waals surface area contributed by atoms with Gasteiger partial charge in [-0.3, -0.25) is 4.79 Å². The van der Waals surface area contributed by atoms with Gasteiger partial charge in [-0.2, -0.15) is 8.78 Å². The van der Waals surface area contributed by atoms with E-state index in [-0.39, 0.29) is 6.61 Å². The highest BCUT2D eigenvalue weighted by molar-refractivity contribution is 7.99. The summed E-state index contributed by atoms with van der Waals surface area (Å²) in [6.45, 7) is 1.55. The number of amides is 1. The number of halogens is 2. The molecule has 0 spiro atoms. The Hall–Kier alpha value is -2.87. The summed E-state index contributed by atoms with van der Waals surface area (Å²) in [7, 11) is 0. The van der Waals surface area contributed by atoms with Crippen LogP contribution < -0.4 is 15.7 Å². The van der Waals surface area contributed by atoms with Crippen LogP contribution in [0, 0.1) is 6.92 Å². The van der Waals surface area contributed by atoms with Crippen LogP contribution >= 0.6 is 11.8 Å². The lowest BCUT2D eigenvalue weighted by atomic mass is 10.1. The molecule has 0 saturated carbocycles. The number of anilines is 1. The normalized spacial score (nSPS) is 11.0. The zero-order valence-electron chi connectivity index (χ0n) is 14.2. The maximum atomic E-state index is 12.3. The predicted molar refractivity (Wildman–Crippen MR) is 99.6 cm³/mol. The van der Waals surface area contributed by atoms with E-state index in [2.05, 4.69) is 5.32 Å². The quantitative estimate of drug-likeness (QED) is 0.497. The van der Waals surface area contributed by atoms with Crippen LogP contribution in [0.25, 0.3) is 11.0 Å². The smallest absolute Gasteiger partial charge is 0.336 e. The van der Waals surface area contributed by atoms with Crippen molar-refractivity contribution in [2.45, 2.75) is 17.6 Å². The maximum absolute atomic E-state index is 12.3. The summed E-state index contributed by atoms with van der Waals surface area (Å²) in [6.07, 6.45) is 0. The fourth-order valence-corrected chi connectivity index (χ4v) is 2.96. The first-order chi connectivity index (χ1) is 12.9. The van der Waals surface area contributed by atoms with Crippen LogP contribution in [-0.4, -0.2) is 18.3 Å². The number of aryl methyl sites for hydroxylation is 1. The SMILES string of the molecule is Cc1cc(=O)oc2cc(OCC(=O)Nc3ccc(SC(F)F)cc3)ccc12. The maximum Gasteiger partial charge on any atom is 0.336 e. The highest BCUT2D eigenvalue weighted by Crippen LogP contribution is 2.26. The van der Waals surface area contributed by atoms with Gasteiger partial charge in [0.2, 0.25) is 0 Å². The molecule has 1 N–H and O–H groups in total. The molecule has 0 aliphatic rings. The monoisotopic (exact) mass is 391 g/mol. The van der Waals surface area contributed by atoms with Crippen molar-refractivity contribution in [1.82, 2.24) is 0 Å². The van der Waals surface area contributed by atoms with Crippen LogP contribution in [0.3, 0.4) is 0 Å². The van der Waals surface area contributed by atoms with Crippen molar-refractivity contribution in [3.05, 3.63) is 64.5 Å². The number of alkyl halides is 2. The largest absolute Gasteiger partial charge is 0.484 e. The van der Waals surface area contributed by atoms with E-state index in [1.54, 1.807) is 25.1 Å². The predicted octanol–water partition coefficient (Wildman–Crippen LogP) is 4.43. The number of fused-ring (bicyclic) bond motifs is 1. The van der Waals surface area contributed by atoms with Crippen molar-refractivity contribution < 1.29 is 22.7 Å². The number of carbonyl (C=O) groups excluding carboxylic acids is 1. The standard InChI is InChI=1S/C19H15F2NO4S/c1-11-8-18(24)26-16-9-13(4-7-15(11)16)25-10-17(23)22-12-2-5-14(6-3-12)27-19(20)21/h2-9,19H,10H2,1H3,(H,22,23). The fourth-order valence-electron chi connectivity index (χ4n) is 2.46. The van der Waals surface area contributed by atoms with Gasteiger partial charge < -0.3 is 14.5 Å². The van der Waals surface area contributed by atoms with Gasteiger partial charge in [-0.1, -0.05) is 11.8 Å².